The van der Waals surface area contributed by atoms with Gasteiger partial charge in [-0.1, -0.05) is 60.7 Å². The van der Waals surface area contributed by atoms with Crippen LogP contribution in [0.3, 0.4) is 0 Å². The molecule has 114 valence electrons. The number of nitrogens with zero attached hydrogens (tertiary/aromatic N) is 2. The SMILES string of the molecule is [N-]=[N+]=C(Cc1ccccc1)S(=O)(=O)c1ccc2ccccc2c1. The van der Waals surface area contributed by atoms with Crippen molar-refractivity contribution in [1.29, 1.82) is 0 Å². The van der Waals surface area contributed by atoms with Crippen LogP contribution in [0.1, 0.15) is 5.56 Å². The van der Waals surface area contributed by atoms with E-state index >= 15 is 0 Å². The summed E-state index contributed by atoms with van der Waals surface area (Å²) >= 11 is 0. The first-order chi connectivity index (χ1) is 11.1. The van der Waals surface area contributed by atoms with Gasteiger partial charge in [0.15, 0.2) is 0 Å². The smallest absolute Gasteiger partial charge is 0.360 e. The fourth-order valence-electron chi connectivity index (χ4n) is 2.43. The van der Waals surface area contributed by atoms with E-state index in [9.17, 15) is 13.9 Å². The van der Waals surface area contributed by atoms with Crippen LogP contribution in [0.4, 0.5) is 0 Å². The summed E-state index contributed by atoms with van der Waals surface area (Å²) in [5.41, 5.74) is 9.97. The van der Waals surface area contributed by atoms with Gasteiger partial charge in [-0.3, -0.25) is 0 Å². The molecule has 3 aromatic rings. The molecule has 0 unspecified atom stereocenters. The maximum atomic E-state index is 12.7. The predicted octanol–water partition coefficient (Wildman–Crippen LogP) is 3.48. The fraction of sp³-hybridized carbons (Fsp3) is 0.0556. The van der Waals surface area contributed by atoms with Crippen molar-refractivity contribution < 1.29 is 13.2 Å². The molecule has 0 amide bonds. The minimum absolute atomic E-state index is 0.0481. The van der Waals surface area contributed by atoms with E-state index in [-0.39, 0.29) is 16.4 Å². The van der Waals surface area contributed by atoms with Gasteiger partial charge in [0.2, 0.25) is 0 Å². The zero-order valence-electron chi connectivity index (χ0n) is 12.3. The Morgan fingerprint density at radius 3 is 2.22 bits per heavy atom. The van der Waals surface area contributed by atoms with Crippen molar-refractivity contribution in [3.63, 3.8) is 0 Å². The van der Waals surface area contributed by atoms with Gasteiger partial charge in [-0.15, -0.1) is 0 Å². The Hall–Kier alpha value is -2.75. The number of hydrogen-bond donors (Lipinski definition) is 0. The van der Waals surface area contributed by atoms with E-state index in [2.05, 4.69) is 4.79 Å². The first kappa shape index (κ1) is 15.2. The van der Waals surface area contributed by atoms with Crippen molar-refractivity contribution in [2.45, 2.75) is 11.3 Å². The molecule has 0 aliphatic carbocycles. The molecule has 0 fully saturated rings. The Balaban J connectivity index is 2.02. The lowest BCUT2D eigenvalue weighted by molar-refractivity contribution is -0.00260. The van der Waals surface area contributed by atoms with E-state index in [1.807, 2.05) is 42.5 Å². The summed E-state index contributed by atoms with van der Waals surface area (Å²) < 4.78 is 25.4. The first-order valence-electron chi connectivity index (χ1n) is 7.10. The molecule has 3 rings (SSSR count). The second-order valence-corrected chi connectivity index (χ2v) is 7.12. The molecular weight excluding hydrogens is 308 g/mol. The molecule has 0 aromatic heterocycles. The highest BCUT2D eigenvalue weighted by molar-refractivity contribution is 8.06. The number of fused-ring (bicyclic) bond motifs is 1. The third kappa shape index (κ3) is 3.06. The van der Waals surface area contributed by atoms with Gasteiger partial charge < -0.3 is 5.53 Å². The molecule has 0 atom stereocenters. The maximum absolute atomic E-state index is 12.7. The Morgan fingerprint density at radius 2 is 1.52 bits per heavy atom. The molecule has 0 spiro atoms. The van der Waals surface area contributed by atoms with Crippen molar-refractivity contribution in [3.05, 3.63) is 83.9 Å². The van der Waals surface area contributed by atoms with Crippen molar-refractivity contribution in [1.82, 2.24) is 0 Å². The predicted molar refractivity (Wildman–Crippen MR) is 89.9 cm³/mol. The van der Waals surface area contributed by atoms with Gasteiger partial charge in [-0.25, -0.2) is 8.42 Å². The van der Waals surface area contributed by atoms with Gasteiger partial charge in [0.05, 0.1) is 11.3 Å². The molecule has 5 heteroatoms. The van der Waals surface area contributed by atoms with Crippen LogP contribution in [0.25, 0.3) is 16.3 Å². The van der Waals surface area contributed by atoms with Crippen LogP contribution in [0.2, 0.25) is 0 Å². The highest BCUT2D eigenvalue weighted by Gasteiger charge is 2.30. The number of rotatable bonds is 3. The first-order valence-corrected chi connectivity index (χ1v) is 8.58. The maximum Gasteiger partial charge on any atom is 0.390 e. The van der Waals surface area contributed by atoms with Gasteiger partial charge in [-0.05, 0) is 28.5 Å². The molecule has 0 aliphatic rings. The quantitative estimate of drug-likeness (QED) is 0.320. The normalized spacial score (nSPS) is 11.1. The fourth-order valence-corrected chi connectivity index (χ4v) is 3.69. The van der Waals surface area contributed by atoms with Crippen LogP contribution < -0.4 is 0 Å². The lowest BCUT2D eigenvalue weighted by atomic mass is 10.1. The van der Waals surface area contributed by atoms with E-state index in [0.717, 1.165) is 16.3 Å². The Kier molecular flexibility index (Phi) is 4.06. The van der Waals surface area contributed by atoms with Crippen molar-refractivity contribution in [2.75, 3.05) is 0 Å². The molecule has 3 aromatic carbocycles. The Morgan fingerprint density at radius 1 is 0.870 bits per heavy atom. The standard InChI is InChI=1S/C18H14N2O2S/c19-20-18(12-14-6-2-1-3-7-14)23(21,22)17-11-10-15-8-4-5-9-16(15)13-17/h1-11,13H,12H2. The van der Waals surface area contributed by atoms with Crippen LogP contribution >= 0.6 is 0 Å². The lowest BCUT2D eigenvalue weighted by Gasteiger charge is -2.03. The van der Waals surface area contributed by atoms with Crippen LogP contribution in [-0.2, 0) is 16.3 Å². The monoisotopic (exact) mass is 322 g/mol. The minimum atomic E-state index is -3.84. The molecule has 0 saturated carbocycles. The summed E-state index contributed by atoms with van der Waals surface area (Å²) in [4.78, 5) is 3.17. The number of sulfone groups is 1. The van der Waals surface area contributed by atoms with E-state index in [0.29, 0.717) is 0 Å². The molecule has 0 aliphatic heterocycles. The van der Waals surface area contributed by atoms with Crippen molar-refractivity contribution in [2.24, 2.45) is 0 Å². The second kappa shape index (κ2) is 6.16. The largest absolute Gasteiger partial charge is 0.390 e. The molecule has 0 saturated heterocycles. The summed E-state index contributed by atoms with van der Waals surface area (Å²) in [5.74, 6) is 0. The average Bonchev–Trinajstić information content (AvgIpc) is 2.60. The van der Waals surface area contributed by atoms with E-state index < -0.39 is 9.84 Å². The third-order valence-corrected chi connectivity index (χ3v) is 5.37. The average molecular weight is 322 g/mol. The summed E-state index contributed by atoms with van der Waals surface area (Å²) in [5, 5.41) is 1.52. The zero-order valence-corrected chi connectivity index (χ0v) is 13.1. The van der Waals surface area contributed by atoms with Crippen LogP contribution in [-0.4, -0.2) is 18.3 Å². The zero-order chi connectivity index (χ0) is 16.3. The highest BCUT2D eigenvalue weighted by Crippen LogP contribution is 2.21. The molecule has 0 N–H and O–H groups in total. The Labute approximate surface area is 134 Å². The van der Waals surface area contributed by atoms with E-state index in [1.54, 1.807) is 24.3 Å². The van der Waals surface area contributed by atoms with Gasteiger partial charge in [0.25, 0.3) is 9.84 Å². The summed E-state index contributed by atoms with van der Waals surface area (Å²) in [6.45, 7) is 0. The molecule has 4 nitrogen and oxygen atoms in total. The van der Waals surface area contributed by atoms with Gasteiger partial charge >= 0.3 is 5.04 Å². The molecular formula is C18H14N2O2S. The topological polar surface area (TPSA) is 70.5 Å². The van der Waals surface area contributed by atoms with Gasteiger partial charge in [0.1, 0.15) is 0 Å². The van der Waals surface area contributed by atoms with E-state index in [1.165, 1.54) is 6.07 Å². The van der Waals surface area contributed by atoms with Crippen LogP contribution in [0.5, 0.6) is 0 Å². The summed E-state index contributed by atoms with van der Waals surface area (Å²) in [7, 11) is -3.84. The van der Waals surface area contributed by atoms with Gasteiger partial charge in [0, 0.05) is 0 Å². The van der Waals surface area contributed by atoms with Crippen molar-refractivity contribution in [3.8, 4) is 0 Å². The van der Waals surface area contributed by atoms with Gasteiger partial charge in [-0.2, -0.15) is 4.79 Å². The number of benzene rings is 3. The highest BCUT2D eigenvalue weighted by atomic mass is 32.2. The molecule has 0 bridgehead atoms. The molecule has 0 heterocycles. The number of hydrogen-bond acceptors (Lipinski definition) is 2. The molecule has 23 heavy (non-hydrogen) atoms. The Bertz CT molecular complexity index is 1010. The third-order valence-electron chi connectivity index (χ3n) is 3.65. The van der Waals surface area contributed by atoms with Crippen LogP contribution in [0, 0.1) is 0 Å². The van der Waals surface area contributed by atoms with E-state index in [4.69, 9.17) is 0 Å². The summed E-state index contributed by atoms with van der Waals surface area (Å²) in [6, 6.07) is 21.4. The second-order valence-electron chi connectivity index (χ2n) is 5.17. The van der Waals surface area contributed by atoms with Crippen LogP contribution in [0.15, 0.2) is 77.7 Å². The van der Waals surface area contributed by atoms with Crippen molar-refractivity contribution >= 4 is 25.7 Å². The molecule has 0 radical (unpaired) electrons. The minimum Gasteiger partial charge on any atom is -0.360 e. The summed E-state index contributed by atoms with van der Waals surface area (Å²) in [6.07, 6.45) is 0.0481. The lowest BCUT2D eigenvalue weighted by Crippen LogP contribution is -2.19.